The lowest BCUT2D eigenvalue weighted by Crippen LogP contribution is -2.51. The average molecular weight is 267 g/mol. The van der Waals surface area contributed by atoms with Crippen molar-refractivity contribution in [2.24, 2.45) is 0 Å². The molecule has 1 N–H and O–H groups in total. The van der Waals surface area contributed by atoms with Gasteiger partial charge in [0.15, 0.2) is 0 Å². The van der Waals surface area contributed by atoms with E-state index in [0.29, 0.717) is 19.6 Å². The van der Waals surface area contributed by atoms with Crippen molar-refractivity contribution in [3.05, 3.63) is 29.8 Å². The van der Waals surface area contributed by atoms with Crippen LogP contribution in [0.3, 0.4) is 0 Å². The highest BCUT2D eigenvalue weighted by atomic mass is 32.2. The van der Waals surface area contributed by atoms with E-state index in [-0.39, 0.29) is 0 Å². The number of benzene rings is 1. The van der Waals surface area contributed by atoms with Gasteiger partial charge >= 0.3 is 10.2 Å². The molecule has 0 unspecified atom stereocenters. The molecular weight excluding hydrogens is 250 g/mol. The lowest BCUT2D eigenvalue weighted by Gasteiger charge is -2.31. The summed E-state index contributed by atoms with van der Waals surface area (Å²) in [7, 11) is -3.35. The van der Waals surface area contributed by atoms with Crippen LogP contribution >= 0.6 is 0 Å². The molecule has 0 aromatic heterocycles. The number of para-hydroxylation sites is 1. The summed E-state index contributed by atoms with van der Waals surface area (Å²) in [5, 5.41) is 3.17. The summed E-state index contributed by atoms with van der Waals surface area (Å²) in [5.74, 6) is 0. The fourth-order valence-electron chi connectivity index (χ4n) is 2.56. The Bertz CT molecular complexity index is 538. The summed E-state index contributed by atoms with van der Waals surface area (Å²) >= 11 is 0. The van der Waals surface area contributed by atoms with Gasteiger partial charge in [0.2, 0.25) is 0 Å². The molecule has 1 aromatic rings. The number of nitrogens with one attached hydrogen (secondary N) is 1. The largest absolute Gasteiger partial charge is 0.314 e. The quantitative estimate of drug-likeness (QED) is 0.833. The van der Waals surface area contributed by atoms with Crippen molar-refractivity contribution in [1.29, 1.82) is 0 Å². The van der Waals surface area contributed by atoms with Gasteiger partial charge in [-0.3, -0.25) is 4.31 Å². The van der Waals surface area contributed by atoms with Crippen LogP contribution < -0.4 is 9.62 Å². The molecule has 2 heterocycles. The lowest BCUT2D eigenvalue weighted by atomic mass is 10.2. The fourth-order valence-corrected chi connectivity index (χ4v) is 4.23. The molecule has 18 heavy (non-hydrogen) atoms. The van der Waals surface area contributed by atoms with Gasteiger partial charge in [-0.15, -0.1) is 0 Å². The van der Waals surface area contributed by atoms with E-state index in [1.807, 2.05) is 24.3 Å². The molecule has 3 rings (SSSR count). The van der Waals surface area contributed by atoms with Crippen molar-refractivity contribution in [3.63, 3.8) is 0 Å². The molecule has 6 heteroatoms. The molecule has 0 radical (unpaired) electrons. The first-order valence-corrected chi connectivity index (χ1v) is 7.66. The third-order valence-corrected chi connectivity index (χ3v) is 5.48. The minimum atomic E-state index is -3.35. The molecule has 1 saturated heterocycles. The average Bonchev–Trinajstić information content (AvgIpc) is 2.84. The first-order valence-electron chi connectivity index (χ1n) is 6.26. The first-order chi connectivity index (χ1) is 8.69. The highest BCUT2D eigenvalue weighted by Gasteiger charge is 2.34. The molecule has 1 fully saturated rings. The predicted molar refractivity (Wildman–Crippen MR) is 70.9 cm³/mol. The number of rotatable bonds is 2. The zero-order chi connectivity index (χ0) is 12.6. The van der Waals surface area contributed by atoms with Gasteiger partial charge in [-0.05, 0) is 18.1 Å². The Hall–Kier alpha value is -1.11. The zero-order valence-electron chi connectivity index (χ0n) is 10.2. The monoisotopic (exact) mass is 267 g/mol. The fraction of sp³-hybridized carbons (Fsp3) is 0.500. The van der Waals surface area contributed by atoms with E-state index in [9.17, 15) is 8.42 Å². The van der Waals surface area contributed by atoms with E-state index < -0.39 is 10.2 Å². The molecule has 2 aliphatic heterocycles. The number of hydrogen-bond acceptors (Lipinski definition) is 3. The van der Waals surface area contributed by atoms with Crippen LogP contribution in [0.15, 0.2) is 24.3 Å². The molecule has 0 atom stereocenters. The lowest BCUT2D eigenvalue weighted by molar-refractivity contribution is 0.359. The maximum Gasteiger partial charge on any atom is 0.304 e. The van der Waals surface area contributed by atoms with Gasteiger partial charge in [-0.2, -0.15) is 12.7 Å². The Morgan fingerprint density at radius 2 is 1.78 bits per heavy atom. The maximum atomic E-state index is 12.6. The number of hydrogen-bond donors (Lipinski definition) is 1. The van der Waals surface area contributed by atoms with Gasteiger partial charge in [0.1, 0.15) is 0 Å². The van der Waals surface area contributed by atoms with Gasteiger partial charge < -0.3 is 5.32 Å². The third-order valence-electron chi connectivity index (χ3n) is 3.53. The number of nitrogens with zero attached hydrogens (tertiary/aromatic N) is 2. The van der Waals surface area contributed by atoms with E-state index >= 15 is 0 Å². The minimum Gasteiger partial charge on any atom is -0.314 e. The molecule has 2 aliphatic rings. The second kappa shape index (κ2) is 4.53. The van der Waals surface area contributed by atoms with Crippen molar-refractivity contribution >= 4 is 15.9 Å². The summed E-state index contributed by atoms with van der Waals surface area (Å²) in [4.78, 5) is 0. The van der Waals surface area contributed by atoms with E-state index in [1.165, 1.54) is 0 Å². The summed E-state index contributed by atoms with van der Waals surface area (Å²) < 4.78 is 28.3. The molecule has 0 bridgehead atoms. The number of piperazine rings is 1. The SMILES string of the molecule is O=S(=O)(N1CCNCC1)N1CCc2ccccc21. The van der Waals surface area contributed by atoms with Crippen LogP contribution in [0.4, 0.5) is 5.69 Å². The van der Waals surface area contributed by atoms with Crippen molar-refractivity contribution in [2.45, 2.75) is 6.42 Å². The smallest absolute Gasteiger partial charge is 0.304 e. The van der Waals surface area contributed by atoms with Crippen molar-refractivity contribution in [1.82, 2.24) is 9.62 Å². The van der Waals surface area contributed by atoms with Crippen LogP contribution in [0.5, 0.6) is 0 Å². The zero-order valence-corrected chi connectivity index (χ0v) is 11.0. The molecule has 0 aliphatic carbocycles. The summed E-state index contributed by atoms with van der Waals surface area (Å²) in [5.41, 5.74) is 1.97. The van der Waals surface area contributed by atoms with Gasteiger partial charge in [-0.1, -0.05) is 18.2 Å². The summed E-state index contributed by atoms with van der Waals surface area (Å²) in [6.07, 6.45) is 0.807. The normalized spacial score (nSPS) is 21.0. The van der Waals surface area contributed by atoms with Crippen LogP contribution in [0.1, 0.15) is 5.56 Å². The van der Waals surface area contributed by atoms with Crippen LogP contribution in [-0.2, 0) is 16.6 Å². The standard InChI is InChI=1S/C12H17N3O2S/c16-18(17,14-9-6-13-7-10-14)15-8-5-11-3-1-2-4-12(11)15/h1-4,13H,5-10H2. The second-order valence-corrected chi connectivity index (χ2v) is 6.46. The molecule has 5 nitrogen and oxygen atoms in total. The Labute approximate surface area is 108 Å². The van der Waals surface area contributed by atoms with Crippen LogP contribution in [0.25, 0.3) is 0 Å². The van der Waals surface area contributed by atoms with E-state index in [2.05, 4.69) is 5.32 Å². The predicted octanol–water partition coefficient (Wildman–Crippen LogP) is 0.199. The van der Waals surface area contributed by atoms with E-state index in [4.69, 9.17) is 0 Å². The summed E-state index contributed by atoms with van der Waals surface area (Å²) in [6.45, 7) is 3.14. The van der Waals surface area contributed by atoms with Crippen LogP contribution in [0, 0.1) is 0 Å². The molecule has 0 spiro atoms. The second-order valence-electron chi connectivity index (χ2n) is 4.61. The summed E-state index contributed by atoms with van der Waals surface area (Å²) in [6, 6.07) is 7.74. The molecule has 98 valence electrons. The molecule has 0 saturated carbocycles. The highest BCUT2D eigenvalue weighted by Crippen LogP contribution is 2.31. The highest BCUT2D eigenvalue weighted by molar-refractivity contribution is 7.90. The first kappa shape index (κ1) is 12.0. The minimum absolute atomic E-state index is 0.557. The Morgan fingerprint density at radius 3 is 2.56 bits per heavy atom. The molecule has 1 aromatic carbocycles. The van der Waals surface area contributed by atoms with Gasteiger partial charge in [0, 0.05) is 32.7 Å². The van der Waals surface area contributed by atoms with Crippen LogP contribution in [-0.4, -0.2) is 45.4 Å². The third kappa shape index (κ3) is 1.90. The van der Waals surface area contributed by atoms with Gasteiger partial charge in [-0.25, -0.2) is 0 Å². The van der Waals surface area contributed by atoms with E-state index in [0.717, 1.165) is 30.8 Å². The Morgan fingerprint density at radius 1 is 1.06 bits per heavy atom. The molecular formula is C12H17N3O2S. The molecule has 0 amide bonds. The van der Waals surface area contributed by atoms with Crippen molar-refractivity contribution in [2.75, 3.05) is 37.0 Å². The number of fused-ring (bicyclic) bond motifs is 1. The number of anilines is 1. The maximum absolute atomic E-state index is 12.6. The van der Waals surface area contributed by atoms with Crippen molar-refractivity contribution < 1.29 is 8.42 Å². The van der Waals surface area contributed by atoms with Crippen LogP contribution in [0.2, 0.25) is 0 Å². The van der Waals surface area contributed by atoms with E-state index in [1.54, 1.807) is 8.61 Å². The Kier molecular flexibility index (Phi) is 3.01. The topological polar surface area (TPSA) is 52.7 Å². The van der Waals surface area contributed by atoms with Gasteiger partial charge in [0.05, 0.1) is 5.69 Å². The van der Waals surface area contributed by atoms with Crippen molar-refractivity contribution in [3.8, 4) is 0 Å². The Balaban J connectivity index is 1.91. The van der Waals surface area contributed by atoms with Gasteiger partial charge in [0.25, 0.3) is 0 Å².